The van der Waals surface area contributed by atoms with E-state index in [2.05, 4.69) is 9.97 Å². The van der Waals surface area contributed by atoms with Gasteiger partial charge in [-0.25, -0.2) is 9.97 Å². The Bertz CT molecular complexity index is 1220. The van der Waals surface area contributed by atoms with Gasteiger partial charge >= 0.3 is 0 Å². The molecule has 29 heavy (non-hydrogen) atoms. The molecule has 0 spiro atoms. The first kappa shape index (κ1) is 19.1. The molecule has 4 rings (SSSR count). The second kappa shape index (κ2) is 8.03. The number of aromatic nitrogens is 3. The van der Waals surface area contributed by atoms with Crippen molar-refractivity contribution in [2.75, 3.05) is 13.2 Å². The van der Waals surface area contributed by atoms with Crippen molar-refractivity contribution in [2.24, 2.45) is 7.05 Å². The summed E-state index contributed by atoms with van der Waals surface area (Å²) in [6.07, 6.45) is 1.60. The molecule has 0 amide bonds. The summed E-state index contributed by atoms with van der Waals surface area (Å²) < 4.78 is 6.79. The number of hydrogen-bond acceptors (Lipinski definition) is 5. The summed E-state index contributed by atoms with van der Waals surface area (Å²) in [7, 11) is 1.69. The first-order valence-corrected chi connectivity index (χ1v) is 9.41. The molecule has 0 bridgehead atoms. The predicted molar refractivity (Wildman–Crippen MR) is 113 cm³/mol. The van der Waals surface area contributed by atoms with Crippen LogP contribution in [-0.4, -0.2) is 32.9 Å². The van der Waals surface area contributed by atoms with Crippen molar-refractivity contribution in [2.45, 2.75) is 0 Å². The number of rotatable bonds is 5. The lowest BCUT2D eigenvalue weighted by Crippen LogP contribution is -2.20. The molecule has 2 aromatic carbocycles. The Kier molecular flexibility index (Phi) is 5.29. The van der Waals surface area contributed by atoms with Crippen molar-refractivity contribution in [1.82, 2.24) is 14.5 Å². The molecule has 0 aliphatic rings. The average Bonchev–Trinajstić information content (AvgIpc) is 2.75. The molecule has 7 heteroatoms. The predicted octanol–water partition coefficient (Wildman–Crippen LogP) is 3.69. The summed E-state index contributed by atoms with van der Waals surface area (Å²) in [5, 5.41) is 10.0. The molecule has 1 N–H and O–H groups in total. The number of benzene rings is 2. The molecule has 0 aliphatic heterocycles. The quantitative estimate of drug-likeness (QED) is 0.546. The fourth-order valence-electron chi connectivity index (χ4n) is 3.10. The van der Waals surface area contributed by atoms with Crippen molar-refractivity contribution in [3.8, 4) is 28.4 Å². The average molecular weight is 408 g/mol. The molecule has 2 heterocycles. The molecule has 0 fully saturated rings. The molecule has 0 atom stereocenters. The number of fused-ring (bicyclic) bond motifs is 1. The molecule has 0 aliphatic carbocycles. The molecule has 0 saturated heterocycles. The first-order chi connectivity index (χ1) is 14.1. The molecule has 6 nitrogen and oxygen atoms in total. The van der Waals surface area contributed by atoms with Gasteiger partial charge in [-0.2, -0.15) is 0 Å². The number of aliphatic hydroxyl groups is 1. The van der Waals surface area contributed by atoms with Crippen LogP contribution in [0.15, 0.2) is 65.6 Å². The van der Waals surface area contributed by atoms with E-state index < -0.39 is 0 Å². The third-order valence-electron chi connectivity index (χ3n) is 4.59. The van der Waals surface area contributed by atoms with Crippen LogP contribution in [0.1, 0.15) is 0 Å². The lowest BCUT2D eigenvalue weighted by atomic mass is 10.0. The number of aliphatic hydroxyl groups excluding tert-OH is 1. The van der Waals surface area contributed by atoms with E-state index in [9.17, 15) is 4.79 Å². The van der Waals surface area contributed by atoms with E-state index in [1.165, 1.54) is 4.57 Å². The molecule has 2 aromatic heterocycles. The van der Waals surface area contributed by atoms with Crippen LogP contribution < -0.4 is 10.3 Å². The van der Waals surface area contributed by atoms with Crippen LogP contribution in [0.5, 0.6) is 5.88 Å². The highest BCUT2D eigenvalue weighted by Gasteiger charge is 2.12. The third-order valence-corrected chi connectivity index (χ3v) is 4.84. The number of nitrogens with zero attached hydrogens (tertiary/aromatic N) is 3. The molecular formula is C22H18ClN3O3. The SMILES string of the molecule is Cn1c(-c2ccc(OCCO)nc2)nc2ccc(-c3ccc(Cl)cc3)cc2c1=O. The van der Waals surface area contributed by atoms with E-state index in [-0.39, 0.29) is 18.8 Å². The summed E-state index contributed by atoms with van der Waals surface area (Å²) >= 11 is 5.96. The van der Waals surface area contributed by atoms with E-state index in [0.29, 0.717) is 33.2 Å². The highest BCUT2D eigenvalue weighted by Crippen LogP contribution is 2.25. The zero-order chi connectivity index (χ0) is 20.4. The van der Waals surface area contributed by atoms with Crippen molar-refractivity contribution < 1.29 is 9.84 Å². The Labute approximate surface area is 172 Å². The van der Waals surface area contributed by atoms with Gasteiger partial charge < -0.3 is 9.84 Å². The zero-order valence-electron chi connectivity index (χ0n) is 15.7. The minimum absolute atomic E-state index is 0.0812. The Morgan fingerprint density at radius 1 is 1.03 bits per heavy atom. The molecule has 0 unspecified atom stereocenters. The fraction of sp³-hybridized carbons (Fsp3) is 0.136. The largest absolute Gasteiger partial charge is 0.475 e. The topological polar surface area (TPSA) is 77.2 Å². The lowest BCUT2D eigenvalue weighted by molar-refractivity contribution is 0.196. The van der Waals surface area contributed by atoms with Crippen molar-refractivity contribution >= 4 is 22.5 Å². The van der Waals surface area contributed by atoms with Crippen molar-refractivity contribution in [3.63, 3.8) is 0 Å². The third kappa shape index (κ3) is 3.85. The highest BCUT2D eigenvalue weighted by atomic mass is 35.5. The second-order valence-corrected chi connectivity index (χ2v) is 6.93. The van der Waals surface area contributed by atoms with Crippen LogP contribution in [0, 0.1) is 0 Å². The number of pyridine rings is 1. The Balaban J connectivity index is 1.76. The Morgan fingerprint density at radius 2 is 1.76 bits per heavy atom. The molecule has 146 valence electrons. The van der Waals surface area contributed by atoms with E-state index >= 15 is 0 Å². The summed E-state index contributed by atoms with van der Waals surface area (Å²) in [5.74, 6) is 0.921. The second-order valence-electron chi connectivity index (χ2n) is 6.50. The van der Waals surface area contributed by atoms with Crippen LogP contribution in [0.25, 0.3) is 33.4 Å². The van der Waals surface area contributed by atoms with E-state index in [0.717, 1.165) is 11.1 Å². The zero-order valence-corrected chi connectivity index (χ0v) is 16.4. The summed E-state index contributed by atoms with van der Waals surface area (Å²) in [4.78, 5) is 21.9. The minimum atomic E-state index is -0.138. The van der Waals surface area contributed by atoms with Gasteiger partial charge in [0.2, 0.25) is 5.88 Å². The maximum atomic E-state index is 13.0. The van der Waals surface area contributed by atoms with E-state index in [1.54, 1.807) is 25.4 Å². The summed E-state index contributed by atoms with van der Waals surface area (Å²) in [6, 6.07) is 16.6. The summed E-state index contributed by atoms with van der Waals surface area (Å²) in [5.41, 5.74) is 3.07. The van der Waals surface area contributed by atoms with Gasteiger partial charge in [0.15, 0.2) is 0 Å². The van der Waals surface area contributed by atoms with Gasteiger partial charge in [-0.05, 0) is 41.5 Å². The number of ether oxygens (including phenoxy) is 1. The lowest BCUT2D eigenvalue weighted by Gasteiger charge is -2.11. The van der Waals surface area contributed by atoms with Crippen LogP contribution in [0.3, 0.4) is 0 Å². The van der Waals surface area contributed by atoms with Crippen molar-refractivity contribution in [1.29, 1.82) is 0 Å². The Hall–Kier alpha value is -3.22. The highest BCUT2D eigenvalue weighted by molar-refractivity contribution is 6.30. The molecular weight excluding hydrogens is 390 g/mol. The van der Waals surface area contributed by atoms with Crippen LogP contribution in [-0.2, 0) is 7.05 Å². The van der Waals surface area contributed by atoms with Gasteiger partial charge in [-0.3, -0.25) is 9.36 Å². The van der Waals surface area contributed by atoms with Gasteiger partial charge in [0.05, 0.1) is 17.5 Å². The van der Waals surface area contributed by atoms with Gasteiger partial charge in [-0.1, -0.05) is 29.8 Å². The molecule has 4 aromatic rings. The maximum Gasteiger partial charge on any atom is 0.261 e. The summed E-state index contributed by atoms with van der Waals surface area (Å²) in [6.45, 7) is 0.0944. The smallest absolute Gasteiger partial charge is 0.261 e. The fourth-order valence-corrected chi connectivity index (χ4v) is 3.23. The van der Waals surface area contributed by atoms with Gasteiger partial charge in [0.1, 0.15) is 12.4 Å². The monoisotopic (exact) mass is 407 g/mol. The van der Waals surface area contributed by atoms with Crippen LogP contribution >= 0.6 is 11.6 Å². The Morgan fingerprint density at radius 3 is 2.45 bits per heavy atom. The minimum Gasteiger partial charge on any atom is -0.475 e. The van der Waals surface area contributed by atoms with Gasteiger partial charge in [0, 0.05) is 29.9 Å². The van der Waals surface area contributed by atoms with Crippen LogP contribution in [0.4, 0.5) is 0 Å². The van der Waals surface area contributed by atoms with Crippen LogP contribution in [0.2, 0.25) is 5.02 Å². The maximum absolute atomic E-state index is 13.0. The van der Waals surface area contributed by atoms with E-state index in [1.807, 2.05) is 42.5 Å². The molecule has 0 saturated carbocycles. The number of hydrogen-bond donors (Lipinski definition) is 1. The standard InChI is InChI=1S/C22H18ClN3O3/c1-26-21(16-5-9-20(24-13-16)29-11-10-27)25-19-8-4-15(12-18(19)22(26)28)14-2-6-17(23)7-3-14/h2-9,12-13,27H,10-11H2,1H3. The molecule has 0 radical (unpaired) electrons. The van der Waals surface area contributed by atoms with Gasteiger partial charge in [0.25, 0.3) is 5.56 Å². The number of halogens is 1. The van der Waals surface area contributed by atoms with Gasteiger partial charge in [-0.15, -0.1) is 0 Å². The first-order valence-electron chi connectivity index (χ1n) is 9.03. The van der Waals surface area contributed by atoms with E-state index in [4.69, 9.17) is 21.4 Å². The van der Waals surface area contributed by atoms with Crippen molar-refractivity contribution in [3.05, 3.63) is 76.2 Å². The normalized spacial score (nSPS) is 11.0.